The number of hydrogen-bond acceptors (Lipinski definition) is 5. The first kappa shape index (κ1) is 32.2. The van der Waals surface area contributed by atoms with E-state index >= 15 is 0 Å². The largest absolute Gasteiger partial charge is 0.457 e. The van der Waals surface area contributed by atoms with Crippen molar-refractivity contribution in [3.63, 3.8) is 0 Å². The van der Waals surface area contributed by atoms with Gasteiger partial charge in [-0.3, -0.25) is 9.59 Å². The first-order valence-corrected chi connectivity index (χ1v) is 15.6. The molecule has 3 aromatic carbocycles. The number of piperidine rings is 1. The number of carbonyl (C=O) groups excluding carboxylic acids is 2. The Morgan fingerprint density at radius 1 is 0.860 bits per heavy atom. The van der Waals surface area contributed by atoms with E-state index < -0.39 is 5.60 Å². The van der Waals surface area contributed by atoms with Crippen LogP contribution in [0.25, 0.3) is 0 Å². The third-order valence-electron chi connectivity index (χ3n) is 8.38. The number of likely N-dealkylation sites (tertiary alicyclic amines) is 1. The van der Waals surface area contributed by atoms with E-state index in [2.05, 4.69) is 20.8 Å². The molecule has 0 aliphatic carbocycles. The van der Waals surface area contributed by atoms with Gasteiger partial charge in [0.2, 0.25) is 5.91 Å². The van der Waals surface area contributed by atoms with Crippen LogP contribution in [0.2, 0.25) is 0 Å². The number of benzene rings is 3. The summed E-state index contributed by atoms with van der Waals surface area (Å²) in [5.41, 5.74) is 0.644. The van der Waals surface area contributed by atoms with E-state index in [-0.39, 0.29) is 23.9 Å². The van der Waals surface area contributed by atoms with Crippen molar-refractivity contribution in [3.8, 4) is 23.0 Å². The molecule has 0 bridgehead atoms. The molecule has 3 aromatic rings. The van der Waals surface area contributed by atoms with Gasteiger partial charge in [-0.15, -0.1) is 0 Å². The van der Waals surface area contributed by atoms with Gasteiger partial charge in [-0.1, -0.05) is 40.0 Å². The van der Waals surface area contributed by atoms with Crippen LogP contribution in [0.3, 0.4) is 0 Å². The van der Waals surface area contributed by atoms with Crippen LogP contribution in [0.4, 0.5) is 4.39 Å². The van der Waals surface area contributed by atoms with Crippen molar-refractivity contribution in [3.05, 3.63) is 83.7 Å². The van der Waals surface area contributed by atoms with E-state index in [4.69, 9.17) is 9.47 Å². The Hall–Kier alpha value is -3.71. The van der Waals surface area contributed by atoms with Gasteiger partial charge in [-0.05, 0) is 97.8 Å². The molecule has 1 saturated heterocycles. The van der Waals surface area contributed by atoms with Gasteiger partial charge in [-0.2, -0.15) is 0 Å². The Labute approximate surface area is 254 Å². The Morgan fingerprint density at radius 3 is 1.95 bits per heavy atom. The smallest absolute Gasteiger partial charge is 0.226 e. The van der Waals surface area contributed by atoms with Crippen molar-refractivity contribution in [2.75, 3.05) is 13.1 Å². The van der Waals surface area contributed by atoms with Crippen LogP contribution in [-0.4, -0.2) is 40.4 Å². The summed E-state index contributed by atoms with van der Waals surface area (Å²) < 4.78 is 25.6. The highest BCUT2D eigenvalue weighted by Gasteiger charge is 2.35. The second-order valence-corrected chi connectivity index (χ2v) is 11.7. The molecule has 6 nitrogen and oxygen atoms in total. The molecule has 1 N–H and O–H groups in total. The molecule has 43 heavy (non-hydrogen) atoms. The molecule has 0 saturated carbocycles. The van der Waals surface area contributed by atoms with Crippen molar-refractivity contribution < 1.29 is 28.6 Å². The number of hydrogen-bond donors (Lipinski definition) is 1. The SMILES string of the molecule is CCCCC(=O)c1ccc(Oc2cc(CC(=O)N3CCC(O)(CC(CC)CC)CC3)cc(Oc3ccc(F)cc3)c2)cc1. The van der Waals surface area contributed by atoms with Gasteiger partial charge in [0.15, 0.2) is 5.78 Å². The van der Waals surface area contributed by atoms with Gasteiger partial charge < -0.3 is 19.5 Å². The summed E-state index contributed by atoms with van der Waals surface area (Å²) in [5.74, 6) is 2.16. The molecule has 230 valence electrons. The summed E-state index contributed by atoms with van der Waals surface area (Å²) in [5, 5.41) is 11.1. The van der Waals surface area contributed by atoms with Crippen molar-refractivity contribution in [1.29, 1.82) is 0 Å². The molecule has 1 heterocycles. The number of Topliss-reactive ketones (excluding diaryl/α,β-unsaturated/α-hetero) is 1. The predicted octanol–water partition coefficient (Wildman–Crippen LogP) is 8.51. The Kier molecular flexibility index (Phi) is 11.3. The normalized spacial score (nSPS) is 14.5. The summed E-state index contributed by atoms with van der Waals surface area (Å²) in [6, 6.07) is 18.1. The first-order valence-electron chi connectivity index (χ1n) is 15.6. The van der Waals surface area contributed by atoms with E-state index in [1.54, 1.807) is 48.5 Å². The molecular formula is C36H44FNO5. The monoisotopic (exact) mass is 589 g/mol. The second kappa shape index (κ2) is 15.1. The highest BCUT2D eigenvalue weighted by Crippen LogP contribution is 2.33. The third-order valence-corrected chi connectivity index (χ3v) is 8.38. The maximum atomic E-state index is 13.4. The lowest BCUT2D eigenvalue weighted by Crippen LogP contribution is -2.47. The number of aliphatic hydroxyl groups is 1. The number of ketones is 1. The summed E-state index contributed by atoms with van der Waals surface area (Å²) in [6.45, 7) is 7.42. The zero-order valence-electron chi connectivity index (χ0n) is 25.6. The number of rotatable bonds is 14. The zero-order valence-corrected chi connectivity index (χ0v) is 25.6. The minimum Gasteiger partial charge on any atom is -0.457 e. The molecule has 1 aliphatic rings. The quantitative estimate of drug-likeness (QED) is 0.191. The van der Waals surface area contributed by atoms with Gasteiger partial charge in [0.1, 0.15) is 28.8 Å². The van der Waals surface area contributed by atoms with E-state index in [0.29, 0.717) is 72.4 Å². The number of carbonyl (C=O) groups is 2. The van der Waals surface area contributed by atoms with Crippen LogP contribution >= 0.6 is 0 Å². The number of amides is 1. The van der Waals surface area contributed by atoms with Crippen LogP contribution in [0.1, 0.15) is 88.1 Å². The summed E-state index contributed by atoms with van der Waals surface area (Å²) in [7, 11) is 0. The average Bonchev–Trinajstić information content (AvgIpc) is 3.00. The predicted molar refractivity (Wildman–Crippen MR) is 166 cm³/mol. The van der Waals surface area contributed by atoms with Crippen LogP contribution in [0, 0.1) is 11.7 Å². The van der Waals surface area contributed by atoms with E-state index in [1.165, 1.54) is 12.1 Å². The Bertz CT molecular complexity index is 1340. The molecule has 0 atom stereocenters. The third kappa shape index (κ3) is 9.39. The minimum absolute atomic E-state index is 0.0237. The highest BCUT2D eigenvalue weighted by atomic mass is 19.1. The Morgan fingerprint density at radius 2 is 1.42 bits per heavy atom. The molecule has 1 amide bonds. The molecular weight excluding hydrogens is 545 g/mol. The van der Waals surface area contributed by atoms with Crippen molar-refractivity contribution in [1.82, 2.24) is 4.90 Å². The van der Waals surface area contributed by atoms with Gasteiger partial charge in [0, 0.05) is 31.1 Å². The fourth-order valence-electron chi connectivity index (χ4n) is 5.59. The number of halogens is 1. The van der Waals surface area contributed by atoms with Crippen molar-refractivity contribution in [2.24, 2.45) is 5.92 Å². The van der Waals surface area contributed by atoms with Crippen molar-refractivity contribution >= 4 is 11.7 Å². The van der Waals surface area contributed by atoms with Gasteiger partial charge in [0.05, 0.1) is 12.0 Å². The number of ether oxygens (including phenoxy) is 2. The molecule has 0 unspecified atom stereocenters. The molecule has 0 spiro atoms. The topological polar surface area (TPSA) is 76.1 Å². The minimum atomic E-state index is -0.715. The summed E-state index contributed by atoms with van der Waals surface area (Å²) in [4.78, 5) is 27.5. The van der Waals surface area contributed by atoms with Crippen LogP contribution < -0.4 is 9.47 Å². The lowest BCUT2D eigenvalue weighted by Gasteiger charge is -2.40. The molecule has 0 radical (unpaired) electrons. The Balaban J connectivity index is 1.48. The number of nitrogens with zero attached hydrogens (tertiary/aromatic N) is 1. The maximum absolute atomic E-state index is 13.4. The average molecular weight is 590 g/mol. The molecule has 1 fully saturated rings. The van der Waals surface area contributed by atoms with E-state index in [9.17, 15) is 19.1 Å². The molecule has 7 heteroatoms. The van der Waals surface area contributed by atoms with E-state index in [0.717, 1.165) is 32.1 Å². The lowest BCUT2D eigenvalue weighted by atomic mass is 9.81. The fourth-order valence-corrected chi connectivity index (χ4v) is 5.59. The standard InChI is InChI=1S/C36H44FNO5/c1-4-7-8-34(39)28-9-13-30(14-10-28)42-32-21-27(22-33(24-32)43-31-15-11-29(37)12-16-31)23-35(40)38-19-17-36(41,18-20-38)25-26(5-2)6-3/h9-16,21-22,24,26,41H,4-8,17-20,23,25H2,1-3H3. The molecule has 1 aliphatic heterocycles. The molecule has 4 rings (SSSR count). The maximum Gasteiger partial charge on any atom is 0.226 e. The van der Waals surface area contributed by atoms with Gasteiger partial charge in [0.25, 0.3) is 0 Å². The first-order chi connectivity index (χ1) is 20.7. The van der Waals surface area contributed by atoms with E-state index in [1.807, 2.05) is 11.0 Å². The number of unbranched alkanes of at least 4 members (excludes halogenated alkanes) is 1. The molecule has 0 aromatic heterocycles. The van der Waals surface area contributed by atoms with Crippen LogP contribution in [0.15, 0.2) is 66.7 Å². The summed E-state index contributed by atoms with van der Waals surface area (Å²) >= 11 is 0. The highest BCUT2D eigenvalue weighted by molar-refractivity contribution is 5.96. The van der Waals surface area contributed by atoms with Crippen molar-refractivity contribution in [2.45, 2.75) is 84.2 Å². The van der Waals surface area contributed by atoms with Crippen LogP contribution in [0.5, 0.6) is 23.0 Å². The van der Waals surface area contributed by atoms with Gasteiger partial charge in [-0.25, -0.2) is 4.39 Å². The summed E-state index contributed by atoms with van der Waals surface area (Å²) in [6.07, 6.45) is 6.51. The fraction of sp³-hybridized carbons (Fsp3) is 0.444. The zero-order chi connectivity index (χ0) is 30.8. The lowest BCUT2D eigenvalue weighted by molar-refractivity contribution is -0.135. The second-order valence-electron chi connectivity index (χ2n) is 11.7. The van der Waals surface area contributed by atoms with Gasteiger partial charge >= 0.3 is 0 Å². The van der Waals surface area contributed by atoms with Crippen LogP contribution in [-0.2, 0) is 11.2 Å².